The summed E-state index contributed by atoms with van der Waals surface area (Å²) in [6.07, 6.45) is 0. The van der Waals surface area contributed by atoms with E-state index in [4.69, 9.17) is 9.15 Å². The third-order valence-electron chi connectivity index (χ3n) is 3.61. The minimum absolute atomic E-state index is 0.155. The van der Waals surface area contributed by atoms with Crippen LogP contribution in [0.3, 0.4) is 0 Å². The third kappa shape index (κ3) is 2.73. The Morgan fingerprint density at radius 2 is 1.87 bits per heavy atom. The maximum absolute atomic E-state index is 13.6. The third-order valence-corrected chi connectivity index (χ3v) is 3.61. The number of aryl methyl sites for hydroxylation is 2. The van der Waals surface area contributed by atoms with Crippen LogP contribution in [0.15, 0.2) is 51.7 Å². The lowest BCUT2D eigenvalue weighted by atomic mass is 10.1. The monoisotopic (exact) mass is 312 g/mol. The van der Waals surface area contributed by atoms with Crippen molar-refractivity contribution >= 4 is 16.9 Å². The highest BCUT2D eigenvalue weighted by atomic mass is 19.1. The average Bonchev–Trinajstić information content (AvgIpc) is 2.51. The summed E-state index contributed by atoms with van der Waals surface area (Å²) in [5.41, 5.74) is 1.00. The summed E-state index contributed by atoms with van der Waals surface area (Å²) in [7, 11) is 0. The van der Waals surface area contributed by atoms with E-state index in [0.29, 0.717) is 11.1 Å². The number of fused-ring (bicyclic) bond motifs is 1. The molecule has 3 rings (SSSR count). The average molecular weight is 312 g/mol. The highest BCUT2D eigenvalue weighted by Crippen LogP contribution is 2.28. The Hall–Kier alpha value is -2.95. The summed E-state index contributed by atoms with van der Waals surface area (Å²) in [4.78, 5) is 23.6. The van der Waals surface area contributed by atoms with Gasteiger partial charge >= 0.3 is 11.6 Å². The van der Waals surface area contributed by atoms with Crippen LogP contribution in [-0.2, 0) is 0 Å². The number of esters is 1. The highest BCUT2D eigenvalue weighted by molar-refractivity contribution is 5.92. The van der Waals surface area contributed by atoms with Gasteiger partial charge in [0.15, 0.2) is 0 Å². The van der Waals surface area contributed by atoms with Gasteiger partial charge < -0.3 is 9.15 Å². The molecular weight excluding hydrogens is 299 g/mol. The molecule has 0 atom stereocenters. The van der Waals surface area contributed by atoms with Crippen LogP contribution < -0.4 is 10.4 Å². The molecule has 116 valence electrons. The van der Waals surface area contributed by atoms with Gasteiger partial charge in [0, 0.05) is 17.0 Å². The molecule has 0 saturated heterocycles. The molecule has 0 unspecified atom stereocenters. The zero-order valence-electron chi connectivity index (χ0n) is 12.6. The molecule has 0 amide bonds. The smallest absolute Gasteiger partial charge is 0.346 e. The van der Waals surface area contributed by atoms with Crippen molar-refractivity contribution in [3.8, 4) is 5.75 Å². The topological polar surface area (TPSA) is 56.5 Å². The van der Waals surface area contributed by atoms with E-state index in [1.807, 2.05) is 0 Å². The van der Waals surface area contributed by atoms with Crippen LogP contribution in [0.4, 0.5) is 4.39 Å². The fraction of sp³-hybridized carbons (Fsp3) is 0.111. The highest BCUT2D eigenvalue weighted by Gasteiger charge is 2.16. The molecule has 0 fully saturated rings. The van der Waals surface area contributed by atoms with Crippen LogP contribution in [0.1, 0.15) is 21.5 Å². The van der Waals surface area contributed by atoms with Gasteiger partial charge in [-0.1, -0.05) is 12.1 Å². The number of carbonyl (C=O) groups excluding carboxylic acids is 1. The Balaban J connectivity index is 2.04. The molecule has 1 aromatic heterocycles. The number of ether oxygens (including phenoxy) is 1. The van der Waals surface area contributed by atoms with Crippen LogP contribution in [0.5, 0.6) is 5.75 Å². The quantitative estimate of drug-likeness (QED) is 0.410. The molecule has 0 spiro atoms. The molecule has 0 aliphatic heterocycles. The minimum atomic E-state index is -0.805. The van der Waals surface area contributed by atoms with Gasteiger partial charge in [-0.15, -0.1) is 0 Å². The van der Waals surface area contributed by atoms with E-state index in [2.05, 4.69) is 0 Å². The maximum Gasteiger partial charge on any atom is 0.346 e. The number of rotatable bonds is 2. The second kappa shape index (κ2) is 5.68. The second-order valence-electron chi connectivity index (χ2n) is 5.18. The molecule has 0 bridgehead atoms. The maximum atomic E-state index is 13.6. The molecule has 4 nitrogen and oxygen atoms in total. The number of hydrogen-bond donors (Lipinski definition) is 0. The first-order valence-corrected chi connectivity index (χ1v) is 6.98. The van der Waals surface area contributed by atoms with E-state index in [0.717, 1.165) is 10.9 Å². The summed E-state index contributed by atoms with van der Waals surface area (Å²) in [5, 5.41) is 0.757. The van der Waals surface area contributed by atoms with Crippen LogP contribution in [0.2, 0.25) is 0 Å². The Bertz CT molecular complexity index is 972. The Kier molecular flexibility index (Phi) is 3.70. The van der Waals surface area contributed by atoms with E-state index in [-0.39, 0.29) is 11.3 Å². The van der Waals surface area contributed by atoms with Crippen molar-refractivity contribution in [2.45, 2.75) is 13.8 Å². The lowest BCUT2D eigenvalue weighted by molar-refractivity contribution is 0.0729. The molecule has 3 aromatic rings. The number of hydrogen-bond acceptors (Lipinski definition) is 4. The Morgan fingerprint density at radius 3 is 2.61 bits per heavy atom. The standard InChI is InChI=1S/C18H13FO4/c1-10-9-16(20)23-17-11(2)15(8-7-12(10)17)22-18(21)13-5-3-4-6-14(13)19/h3-9H,1-2H3. The normalized spacial score (nSPS) is 10.7. The summed E-state index contributed by atoms with van der Waals surface area (Å²) < 4.78 is 24.1. The largest absolute Gasteiger partial charge is 0.422 e. The molecule has 2 aromatic carbocycles. The van der Waals surface area contributed by atoms with Crippen molar-refractivity contribution in [3.63, 3.8) is 0 Å². The SMILES string of the molecule is Cc1cc(=O)oc2c(C)c(OC(=O)c3ccccc3F)ccc12. The van der Waals surface area contributed by atoms with Gasteiger partial charge in [-0.3, -0.25) is 0 Å². The first-order valence-electron chi connectivity index (χ1n) is 6.98. The first kappa shape index (κ1) is 15.0. The van der Waals surface area contributed by atoms with Crippen LogP contribution in [-0.4, -0.2) is 5.97 Å². The fourth-order valence-electron chi connectivity index (χ4n) is 2.39. The summed E-state index contributed by atoms with van der Waals surface area (Å²) in [6.45, 7) is 3.47. The van der Waals surface area contributed by atoms with Crippen molar-refractivity contribution in [2.75, 3.05) is 0 Å². The fourth-order valence-corrected chi connectivity index (χ4v) is 2.39. The van der Waals surface area contributed by atoms with Crippen molar-refractivity contribution in [1.82, 2.24) is 0 Å². The molecular formula is C18H13FO4. The predicted molar refractivity (Wildman–Crippen MR) is 83.3 cm³/mol. The first-order chi connectivity index (χ1) is 11.0. The van der Waals surface area contributed by atoms with E-state index in [1.165, 1.54) is 24.3 Å². The molecule has 0 radical (unpaired) electrons. The minimum Gasteiger partial charge on any atom is -0.422 e. The number of halogens is 1. The van der Waals surface area contributed by atoms with Gasteiger partial charge in [0.1, 0.15) is 17.1 Å². The van der Waals surface area contributed by atoms with E-state index >= 15 is 0 Å². The van der Waals surface area contributed by atoms with Gasteiger partial charge in [-0.05, 0) is 43.7 Å². The van der Waals surface area contributed by atoms with Crippen molar-refractivity contribution in [2.24, 2.45) is 0 Å². The predicted octanol–water partition coefficient (Wildman–Crippen LogP) is 3.77. The molecule has 0 aliphatic rings. The summed E-state index contributed by atoms with van der Waals surface area (Å²) >= 11 is 0. The van der Waals surface area contributed by atoms with E-state index in [9.17, 15) is 14.0 Å². The molecule has 5 heteroatoms. The lowest BCUT2D eigenvalue weighted by Crippen LogP contribution is -2.11. The van der Waals surface area contributed by atoms with Gasteiger partial charge in [0.25, 0.3) is 0 Å². The van der Waals surface area contributed by atoms with Crippen molar-refractivity contribution < 1.29 is 18.3 Å². The van der Waals surface area contributed by atoms with E-state index < -0.39 is 17.4 Å². The molecule has 1 heterocycles. The number of benzene rings is 2. The molecule has 0 saturated carbocycles. The Labute approximate surface area is 131 Å². The summed E-state index contributed by atoms with van der Waals surface area (Å²) in [6, 6.07) is 10.3. The van der Waals surface area contributed by atoms with Crippen LogP contribution in [0.25, 0.3) is 11.0 Å². The lowest BCUT2D eigenvalue weighted by Gasteiger charge is -2.10. The van der Waals surface area contributed by atoms with Gasteiger partial charge in [-0.25, -0.2) is 14.0 Å². The van der Waals surface area contributed by atoms with Crippen molar-refractivity contribution in [3.05, 3.63) is 75.4 Å². The zero-order chi connectivity index (χ0) is 16.6. The van der Waals surface area contributed by atoms with E-state index in [1.54, 1.807) is 32.0 Å². The van der Waals surface area contributed by atoms with Crippen LogP contribution >= 0.6 is 0 Å². The van der Waals surface area contributed by atoms with Gasteiger partial charge in [0.2, 0.25) is 0 Å². The van der Waals surface area contributed by atoms with Gasteiger partial charge in [-0.2, -0.15) is 0 Å². The molecule has 0 N–H and O–H groups in total. The molecule has 23 heavy (non-hydrogen) atoms. The molecule has 0 aliphatic carbocycles. The summed E-state index contributed by atoms with van der Waals surface area (Å²) in [5.74, 6) is -1.24. The van der Waals surface area contributed by atoms with Crippen LogP contribution in [0, 0.1) is 19.7 Å². The van der Waals surface area contributed by atoms with Gasteiger partial charge in [0.05, 0.1) is 5.56 Å². The zero-order valence-corrected chi connectivity index (χ0v) is 12.6. The Morgan fingerprint density at radius 1 is 1.13 bits per heavy atom. The second-order valence-corrected chi connectivity index (χ2v) is 5.18. The number of carbonyl (C=O) groups is 1. The van der Waals surface area contributed by atoms with Crippen molar-refractivity contribution in [1.29, 1.82) is 0 Å².